The molecular weight excluding hydrogens is 200 g/mol. The van der Waals surface area contributed by atoms with Gasteiger partial charge in [-0.05, 0) is 30.4 Å². The number of carboxylic acids is 1. The van der Waals surface area contributed by atoms with E-state index in [9.17, 15) is 4.79 Å². The molecule has 5 N–H and O–H groups in total. The fraction of sp³-hybridized carbons (Fsp3) is 0.444. The first-order chi connectivity index (χ1) is 6.52. The Balaban J connectivity index is 2.63. The number of hydrogen-bond acceptors (Lipinski definition) is 4. The van der Waals surface area contributed by atoms with Crippen LogP contribution in [0.2, 0.25) is 0 Å². The van der Waals surface area contributed by atoms with Gasteiger partial charge in [0.1, 0.15) is 6.04 Å². The van der Waals surface area contributed by atoms with Gasteiger partial charge in [0.2, 0.25) is 0 Å². The van der Waals surface area contributed by atoms with E-state index in [-0.39, 0.29) is 12.5 Å². The molecule has 4 nitrogen and oxygen atoms in total. The fourth-order valence-electron chi connectivity index (χ4n) is 1.25. The van der Waals surface area contributed by atoms with Crippen LogP contribution >= 0.6 is 11.3 Å². The van der Waals surface area contributed by atoms with Crippen molar-refractivity contribution in [2.24, 2.45) is 11.5 Å². The van der Waals surface area contributed by atoms with E-state index in [1.165, 1.54) is 11.3 Å². The van der Waals surface area contributed by atoms with E-state index in [1.807, 2.05) is 18.4 Å². The van der Waals surface area contributed by atoms with Crippen molar-refractivity contribution in [3.05, 3.63) is 21.9 Å². The molecule has 0 bridgehead atoms. The lowest BCUT2D eigenvalue weighted by atomic mass is 10.1. The second-order valence-electron chi connectivity index (χ2n) is 3.25. The quantitative estimate of drug-likeness (QED) is 0.693. The fourth-order valence-corrected chi connectivity index (χ4v) is 2.19. The Kier molecular flexibility index (Phi) is 3.62. The summed E-state index contributed by atoms with van der Waals surface area (Å²) in [5.41, 5.74) is 12.3. The summed E-state index contributed by atoms with van der Waals surface area (Å²) in [5, 5.41) is 10.6. The van der Waals surface area contributed by atoms with Crippen LogP contribution in [0, 0.1) is 6.92 Å². The Bertz CT molecular complexity index is 324. The van der Waals surface area contributed by atoms with Crippen molar-refractivity contribution >= 4 is 17.3 Å². The number of nitrogens with two attached hydrogens (primary N) is 2. The van der Waals surface area contributed by atoms with E-state index in [0.717, 1.165) is 10.4 Å². The Hall–Kier alpha value is -0.910. The van der Waals surface area contributed by atoms with Crippen molar-refractivity contribution in [3.8, 4) is 0 Å². The van der Waals surface area contributed by atoms with Crippen molar-refractivity contribution in [1.82, 2.24) is 0 Å². The molecule has 2 atom stereocenters. The number of thiophene rings is 1. The molecule has 0 spiro atoms. The topological polar surface area (TPSA) is 89.3 Å². The first-order valence-electron chi connectivity index (χ1n) is 4.30. The summed E-state index contributed by atoms with van der Waals surface area (Å²) in [6, 6.07) is 0.805. The second-order valence-corrected chi connectivity index (χ2v) is 4.20. The molecule has 0 aliphatic carbocycles. The zero-order chi connectivity index (χ0) is 10.7. The van der Waals surface area contributed by atoms with Crippen molar-refractivity contribution in [2.45, 2.75) is 25.4 Å². The van der Waals surface area contributed by atoms with Gasteiger partial charge in [-0.1, -0.05) is 0 Å². The van der Waals surface area contributed by atoms with Crippen molar-refractivity contribution in [3.63, 3.8) is 0 Å². The summed E-state index contributed by atoms with van der Waals surface area (Å²) >= 11 is 1.54. The zero-order valence-electron chi connectivity index (χ0n) is 7.93. The van der Waals surface area contributed by atoms with Gasteiger partial charge in [-0.3, -0.25) is 4.79 Å². The number of rotatable bonds is 4. The van der Waals surface area contributed by atoms with Crippen molar-refractivity contribution < 1.29 is 9.90 Å². The average Bonchev–Trinajstić information content (AvgIpc) is 2.51. The summed E-state index contributed by atoms with van der Waals surface area (Å²) in [4.78, 5) is 11.5. The highest BCUT2D eigenvalue weighted by Crippen LogP contribution is 2.24. The first kappa shape index (κ1) is 11.2. The van der Waals surface area contributed by atoms with Crippen molar-refractivity contribution in [1.29, 1.82) is 0 Å². The molecule has 5 heteroatoms. The standard InChI is InChI=1S/C9H14N2O2S/c1-5-2-3-14-8(5)6(10)4-7(11)9(12)13/h2-3,6-7H,4,10-11H2,1H3,(H,12,13). The molecule has 1 aromatic heterocycles. The maximum Gasteiger partial charge on any atom is 0.320 e. The van der Waals surface area contributed by atoms with Crippen LogP contribution in [0.25, 0.3) is 0 Å². The van der Waals surface area contributed by atoms with Gasteiger partial charge in [-0.25, -0.2) is 0 Å². The lowest BCUT2D eigenvalue weighted by molar-refractivity contribution is -0.138. The van der Waals surface area contributed by atoms with E-state index in [4.69, 9.17) is 16.6 Å². The molecule has 1 rings (SSSR count). The second kappa shape index (κ2) is 4.54. The lowest BCUT2D eigenvalue weighted by Gasteiger charge is -2.13. The molecule has 1 heterocycles. The van der Waals surface area contributed by atoms with Gasteiger partial charge in [0, 0.05) is 10.9 Å². The summed E-state index contributed by atoms with van der Waals surface area (Å²) in [5.74, 6) is -1.00. The third-order valence-electron chi connectivity index (χ3n) is 2.06. The highest BCUT2D eigenvalue weighted by molar-refractivity contribution is 7.10. The number of hydrogen-bond donors (Lipinski definition) is 3. The zero-order valence-corrected chi connectivity index (χ0v) is 8.75. The van der Waals surface area contributed by atoms with Gasteiger partial charge >= 0.3 is 5.97 Å². The van der Waals surface area contributed by atoms with Crippen LogP contribution in [0.4, 0.5) is 0 Å². The SMILES string of the molecule is Cc1ccsc1C(N)CC(N)C(=O)O. The minimum absolute atomic E-state index is 0.274. The van der Waals surface area contributed by atoms with Crippen LogP contribution < -0.4 is 11.5 Å². The predicted octanol–water partition coefficient (Wildman–Crippen LogP) is 0.858. The van der Waals surface area contributed by atoms with Crippen LogP contribution in [0.3, 0.4) is 0 Å². The Morgan fingerprint density at radius 1 is 1.64 bits per heavy atom. The molecule has 14 heavy (non-hydrogen) atoms. The average molecular weight is 214 g/mol. The highest BCUT2D eigenvalue weighted by Gasteiger charge is 2.18. The van der Waals surface area contributed by atoms with Gasteiger partial charge in [0.05, 0.1) is 0 Å². The third kappa shape index (κ3) is 2.54. The smallest absolute Gasteiger partial charge is 0.320 e. The van der Waals surface area contributed by atoms with Crippen LogP contribution in [-0.4, -0.2) is 17.1 Å². The molecule has 2 unspecified atom stereocenters. The predicted molar refractivity (Wildman–Crippen MR) is 56.2 cm³/mol. The van der Waals surface area contributed by atoms with E-state index in [0.29, 0.717) is 0 Å². The van der Waals surface area contributed by atoms with Crippen LogP contribution in [-0.2, 0) is 4.79 Å². The van der Waals surface area contributed by atoms with E-state index in [2.05, 4.69) is 0 Å². The molecule has 0 aromatic carbocycles. The highest BCUT2D eigenvalue weighted by atomic mass is 32.1. The van der Waals surface area contributed by atoms with E-state index in [1.54, 1.807) is 0 Å². The molecule has 78 valence electrons. The summed E-state index contributed by atoms with van der Waals surface area (Å²) < 4.78 is 0. The lowest BCUT2D eigenvalue weighted by Crippen LogP contribution is -2.33. The molecule has 0 aliphatic heterocycles. The van der Waals surface area contributed by atoms with Gasteiger partial charge in [0.25, 0.3) is 0 Å². The van der Waals surface area contributed by atoms with Gasteiger partial charge < -0.3 is 16.6 Å². The van der Waals surface area contributed by atoms with E-state index >= 15 is 0 Å². The molecule has 0 saturated heterocycles. The molecule has 0 saturated carbocycles. The van der Waals surface area contributed by atoms with Crippen LogP contribution in [0.5, 0.6) is 0 Å². The number of carbonyl (C=O) groups is 1. The third-order valence-corrected chi connectivity index (χ3v) is 3.21. The van der Waals surface area contributed by atoms with Gasteiger partial charge in [-0.2, -0.15) is 0 Å². The maximum atomic E-state index is 10.5. The van der Waals surface area contributed by atoms with Crippen LogP contribution in [0.1, 0.15) is 22.9 Å². The normalized spacial score (nSPS) is 15.1. The molecule has 0 radical (unpaired) electrons. The van der Waals surface area contributed by atoms with Crippen molar-refractivity contribution in [2.75, 3.05) is 0 Å². The Morgan fingerprint density at radius 3 is 2.71 bits per heavy atom. The minimum Gasteiger partial charge on any atom is -0.480 e. The minimum atomic E-state index is -1.00. The largest absolute Gasteiger partial charge is 0.480 e. The number of aliphatic carboxylic acids is 1. The van der Waals surface area contributed by atoms with Gasteiger partial charge in [0.15, 0.2) is 0 Å². The summed E-state index contributed by atoms with van der Waals surface area (Å²) in [6.45, 7) is 1.96. The van der Waals surface area contributed by atoms with Crippen LogP contribution in [0.15, 0.2) is 11.4 Å². The first-order valence-corrected chi connectivity index (χ1v) is 5.18. The summed E-state index contributed by atoms with van der Waals surface area (Å²) in [6.07, 6.45) is 0.274. The molecule has 0 amide bonds. The summed E-state index contributed by atoms with van der Waals surface area (Å²) in [7, 11) is 0. The number of carboxylic acid groups (broad SMARTS) is 1. The Labute approximate surface area is 86.5 Å². The molecule has 0 fully saturated rings. The monoisotopic (exact) mass is 214 g/mol. The molecular formula is C9H14N2O2S. The maximum absolute atomic E-state index is 10.5. The Morgan fingerprint density at radius 2 is 2.29 bits per heavy atom. The number of aryl methyl sites for hydroxylation is 1. The molecule has 1 aromatic rings. The van der Waals surface area contributed by atoms with E-state index < -0.39 is 12.0 Å². The molecule has 0 aliphatic rings. The van der Waals surface area contributed by atoms with Gasteiger partial charge in [-0.15, -0.1) is 11.3 Å².